The third kappa shape index (κ3) is 3.06. The van der Waals surface area contributed by atoms with Crippen molar-refractivity contribution < 1.29 is 0 Å². The third-order valence-electron chi connectivity index (χ3n) is 1.64. The molecule has 0 heterocycles. The second-order valence-corrected chi connectivity index (χ2v) is 3.62. The number of rotatable bonds is 0. The molecule has 0 saturated carbocycles. The average Bonchev–Trinajstić information content (AvgIpc) is 1.88. The second kappa shape index (κ2) is 3.91. The van der Waals surface area contributed by atoms with Crippen molar-refractivity contribution in [2.24, 2.45) is 0 Å². The molecule has 0 unspecified atom stereocenters. The molecule has 0 spiro atoms. The number of hydrogen-bond acceptors (Lipinski definition) is 0. The van der Waals surface area contributed by atoms with Crippen molar-refractivity contribution in [1.29, 1.82) is 0 Å². The van der Waals surface area contributed by atoms with Gasteiger partial charge in [0.05, 0.1) is 0 Å². The topological polar surface area (TPSA) is 0 Å². The van der Waals surface area contributed by atoms with E-state index in [0.29, 0.717) is 5.41 Å². The van der Waals surface area contributed by atoms with E-state index in [1.165, 1.54) is 5.56 Å². The Bertz CT molecular complexity index is 196. The lowest BCUT2D eigenvalue weighted by Gasteiger charge is -2.18. The van der Waals surface area contributed by atoms with Gasteiger partial charge in [-0.15, -0.1) is 17.0 Å². The maximum atomic E-state index is 2.22. The highest BCUT2D eigenvalue weighted by atomic mass is 79.9. The number of halogens is 1. The van der Waals surface area contributed by atoms with E-state index in [1.54, 1.807) is 0 Å². The van der Waals surface area contributed by atoms with Crippen LogP contribution in [0, 0.1) is 0 Å². The van der Waals surface area contributed by atoms with Crippen LogP contribution >= 0.6 is 17.0 Å². The average molecular weight is 215 g/mol. The summed E-state index contributed by atoms with van der Waals surface area (Å²) in [7, 11) is 0. The molecule has 1 aromatic rings. The first kappa shape index (κ1) is 10.7. The largest absolute Gasteiger partial charge is 0.114 e. The zero-order valence-corrected chi connectivity index (χ0v) is 9.01. The summed E-state index contributed by atoms with van der Waals surface area (Å²) in [6.45, 7) is 6.67. The fraction of sp³-hybridized carbons (Fsp3) is 0.400. The second-order valence-electron chi connectivity index (χ2n) is 3.62. The van der Waals surface area contributed by atoms with Crippen LogP contribution in [0.15, 0.2) is 30.3 Å². The van der Waals surface area contributed by atoms with Crippen LogP contribution in [0.5, 0.6) is 0 Å². The van der Waals surface area contributed by atoms with Gasteiger partial charge in [-0.3, -0.25) is 0 Å². The van der Waals surface area contributed by atoms with Crippen LogP contribution < -0.4 is 0 Å². The van der Waals surface area contributed by atoms with Crippen molar-refractivity contribution in [1.82, 2.24) is 0 Å². The lowest BCUT2D eigenvalue weighted by atomic mass is 9.87. The summed E-state index contributed by atoms with van der Waals surface area (Å²) in [5, 5.41) is 0. The smallest absolute Gasteiger partial charge is 0.0132 e. The monoisotopic (exact) mass is 214 g/mol. The van der Waals surface area contributed by atoms with Gasteiger partial charge in [0, 0.05) is 0 Å². The molecule has 0 radical (unpaired) electrons. The lowest BCUT2D eigenvalue weighted by Crippen LogP contribution is -2.10. The van der Waals surface area contributed by atoms with Gasteiger partial charge in [-0.05, 0) is 11.0 Å². The summed E-state index contributed by atoms with van der Waals surface area (Å²) >= 11 is 0. The maximum Gasteiger partial charge on any atom is -0.0132 e. The van der Waals surface area contributed by atoms with Gasteiger partial charge in [-0.25, -0.2) is 0 Å². The fourth-order valence-electron chi connectivity index (χ4n) is 0.938. The van der Waals surface area contributed by atoms with E-state index in [9.17, 15) is 0 Å². The maximum absolute atomic E-state index is 2.22. The Hall–Kier alpha value is -0.300. The Kier molecular flexibility index (Phi) is 3.81. The van der Waals surface area contributed by atoms with Gasteiger partial charge < -0.3 is 0 Å². The molecule has 0 amide bonds. The highest BCUT2D eigenvalue weighted by Crippen LogP contribution is 2.20. The molecular formula is C10H15Br. The zero-order valence-electron chi connectivity index (χ0n) is 7.29. The molecule has 0 bridgehead atoms. The van der Waals surface area contributed by atoms with Crippen LogP contribution in [0.1, 0.15) is 26.3 Å². The summed E-state index contributed by atoms with van der Waals surface area (Å²) in [6.07, 6.45) is 0. The van der Waals surface area contributed by atoms with Crippen molar-refractivity contribution >= 4 is 17.0 Å². The predicted molar refractivity (Wildman–Crippen MR) is 55.5 cm³/mol. The molecular weight excluding hydrogens is 200 g/mol. The lowest BCUT2D eigenvalue weighted by molar-refractivity contribution is 0.590. The van der Waals surface area contributed by atoms with E-state index < -0.39 is 0 Å². The Morgan fingerprint density at radius 3 is 1.64 bits per heavy atom. The normalized spacial score (nSPS) is 10.5. The van der Waals surface area contributed by atoms with Crippen molar-refractivity contribution in [3.8, 4) is 0 Å². The van der Waals surface area contributed by atoms with Crippen LogP contribution in [-0.4, -0.2) is 0 Å². The van der Waals surface area contributed by atoms with E-state index >= 15 is 0 Å². The molecule has 0 aromatic heterocycles. The summed E-state index contributed by atoms with van der Waals surface area (Å²) in [5.41, 5.74) is 1.69. The molecule has 0 saturated heterocycles. The van der Waals surface area contributed by atoms with Crippen LogP contribution in [0.4, 0.5) is 0 Å². The molecule has 1 aromatic carbocycles. The van der Waals surface area contributed by atoms with E-state index in [0.717, 1.165) is 0 Å². The van der Waals surface area contributed by atoms with Gasteiger partial charge in [-0.2, -0.15) is 0 Å². The van der Waals surface area contributed by atoms with Crippen LogP contribution in [-0.2, 0) is 5.41 Å². The van der Waals surface area contributed by atoms with Gasteiger partial charge in [0.2, 0.25) is 0 Å². The minimum atomic E-state index is 0. The Balaban J connectivity index is 0.000001000. The third-order valence-corrected chi connectivity index (χ3v) is 1.64. The quantitative estimate of drug-likeness (QED) is 0.620. The molecule has 62 valence electrons. The summed E-state index contributed by atoms with van der Waals surface area (Å²) in [6, 6.07) is 10.6. The van der Waals surface area contributed by atoms with E-state index in [4.69, 9.17) is 0 Å². The van der Waals surface area contributed by atoms with Crippen LogP contribution in [0.2, 0.25) is 0 Å². The first-order valence-electron chi connectivity index (χ1n) is 3.66. The van der Waals surface area contributed by atoms with Gasteiger partial charge in [-0.1, -0.05) is 51.1 Å². The van der Waals surface area contributed by atoms with Crippen molar-refractivity contribution in [2.75, 3.05) is 0 Å². The van der Waals surface area contributed by atoms with Crippen LogP contribution in [0.25, 0.3) is 0 Å². The Labute approximate surface area is 79.4 Å². The van der Waals surface area contributed by atoms with Gasteiger partial charge in [0.1, 0.15) is 0 Å². The number of benzene rings is 1. The first-order valence-corrected chi connectivity index (χ1v) is 3.66. The molecule has 1 heteroatoms. The molecule has 0 N–H and O–H groups in total. The van der Waals surface area contributed by atoms with Crippen molar-refractivity contribution in [3.63, 3.8) is 0 Å². The SMILES string of the molecule is Br.CC(C)(C)c1ccccc1. The summed E-state index contributed by atoms with van der Waals surface area (Å²) < 4.78 is 0. The zero-order chi connectivity index (χ0) is 7.61. The van der Waals surface area contributed by atoms with Crippen molar-refractivity contribution in [3.05, 3.63) is 35.9 Å². The standard InChI is InChI=1S/C10H14.BrH/c1-10(2,3)9-7-5-4-6-8-9;/h4-8H,1-3H3;1H. The van der Waals surface area contributed by atoms with Gasteiger partial charge in [0.25, 0.3) is 0 Å². The highest BCUT2D eigenvalue weighted by Gasteiger charge is 2.11. The Morgan fingerprint density at radius 1 is 0.909 bits per heavy atom. The molecule has 1 rings (SSSR count). The molecule has 0 atom stereocenters. The van der Waals surface area contributed by atoms with Gasteiger partial charge in [0.15, 0.2) is 0 Å². The molecule has 0 aliphatic heterocycles. The molecule has 0 fully saturated rings. The van der Waals surface area contributed by atoms with Gasteiger partial charge >= 0.3 is 0 Å². The summed E-state index contributed by atoms with van der Waals surface area (Å²) in [4.78, 5) is 0. The minimum absolute atomic E-state index is 0. The molecule has 0 aliphatic carbocycles. The first-order chi connectivity index (χ1) is 4.61. The van der Waals surface area contributed by atoms with E-state index in [1.807, 2.05) is 0 Å². The fourth-order valence-corrected chi connectivity index (χ4v) is 0.938. The van der Waals surface area contributed by atoms with E-state index in [2.05, 4.69) is 51.1 Å². The van der Waals surface area contributed by atoms with E-state index in [-0.39, 0.29) is 17.0 Å². The highest BCUT2D eigenvalue weighted by molar-refractivity contribution is 8.93. The number of hydrogen-bond donors (Lipinski definition) is 0. The molecule has 0 aliphatic rings. The minimum Gasteiger partial charge on any atom is -0.114 e. The van der Waals surface area contributed by atoms with Crippen LogP contribution in [0.3, 0.4) is 0 Å². The summed E-state index contributed by atoms with van der Waals surface area (Å²) in [5.74, 6) is 0. The Morgan fingerprint density at radius 2 is 1.36 bits per heavy atom. The van der Waals surface area contributed by atoms with Crippen molar-refractivity contribution in [2.45, 2.75) is 26.2 Å². The molecule has 11 heavy (non-hydrogen) atoms. The predicted octanol–water partition coefficient (Wildman–Crippen LogP) is 3.56. The molecule has 0 nitrogen and oxygen atoms in total.